The molecule has 4 nitrogen and oxygen atoms in total. The predicted molar refractivity (Wildman–Crippen MR) is 83.6 cm³/mol. The van der Waals surface area contributed by atoms with Gasteiger partial charge >= 0.3 is 0 Å². The van der Waals surface area contributed by atoms with E-state index in [1.807, 2.05) is 25.2 Å². The second kappa shape index (κ2) is 9.06. The minimum Gasteiger partial charge on any atom is -0.374 e. The van der Waals surface area contributed by atoms with Gasteiger partial charge in [-0.25, -0.2) is 0 Å². The summed E-state index contributed by atoms with van der Waals surface area (Å²) < 4.78 is 5.76. The van der Waals surface area contributed by atoms with Gasteiger partial charge in [0.15, 0.2) is 0 Å². The fourth-order valence-electron chi connectivity index (χ4n) is 2.35. The lowest BCUT2D eigenvalue weighted by Crippen LogP contribution is -2.39. The molecule has 1 heterocycles. The Bertz CT molecular complexity index is 372. The van der Waals surface area contributed by atoms with Crippen LogP contribution in [0.4, 0.5) is 0 Å². The third kappa shape index (κ3) is 5.99. The summed E-state index contributed by atoms with van der Waals surface area (Å²) in [7, 11) is 1.93. The van der Waals surface area contributed by atoms with E-state index in [4.69, 9.17) is 4.74 Å². The first-order chi connectivity index (χ1) is 9.54. The van der Waals surface area contributed by atoms with E-state index in [-0.39, 0.29) is 0 Å². The number of nitrogens with one attached hydrogen (secondary N) is 1. The summed E-state index contributed by atoms with van der Waals surface area (Å²) in [5.41, 5.74) is 2.05. The molecule has 1 rings (SSSR count). The molecule has 0 aromatic carbocycles. The van der Waals surface area contributed by atoms with Gasteiger partial charge in [-0.05, 0) is 46.9 Å². The molecule has 0 atom stereocenters. The van der Waals surface area contributed by atoms with Gasteiger partial charge in [0, 0.05) is 25.2 Å². The van der Waals surface area contributed by atoms with Crippen LogP contribution in [0, 0.1) is 0 Å². The van der Waals surface area contributed by atoms with Gasteiger partial charge in [0.2, 0.25) is 0 Å². The van der Waals surface area contributed by atoms with Crippen molar-refractivity contribution in [3.8, 4) is 0 Å². The summed E-state index contributed by atoms with van der Waals surface area (Å²) in [4.78, 5) is 6.98. The molecule has 0 unspecified atom stereocenters. The average Bonchev–Trinajstić information content (AvgIpc) is 2.38. The Labute approximate surface area is 123 Å². The van der Waals surface area contributed by atoms with E-state index in [2.05, 4.69) is 42.9 Å². The highest BCUT2D eigenvalue weighted by Gasteiger charge is 2.12. The first-order valence-corrected chi connectivity index (χ1v) is 7.47. The number of hydrogen-bond donors (Lipinski definition) is 1. The second-order valence-electron chi connectivity index (χ2n) is 5.63. The SMILES string of the molecule is CNCc1cccc(COCCN(C(C)C)C(C)C)n1. The van der Waals surface area contributed by atoms with Crippen LogP contribution in [-0.4, -0.2) is 42.2 Å². The summed E-state index contributed by atoms with van der Waals surface area (Å²) in [5, 5.41) is 3.11. The van der Waals surface area contributed by atoms with Crippen molar-refractivity contribution in [3.63, 3.8) is 0 Å². The van der Waals surface area contributed by atoms with Crippen LogP contribution in [0.15, 0.2) is 18.2 Å². The molecule has 0 aliphatic rings. The smallest absolute Gasteiger partial charge is 0.0888 e. The van der Waals surface area contributed by atoms with Gasteiger partial charge in [0.05, 0.1) is 24.6 Å². The number of pyridine rings is 1. The predicted octanol–water partition coefficient (Wildman–Crippen LogP) is 2.44. The fourth-order valence-corrected chi connectivity index (χ4v) is 2.35. The van der Waals surface area contributed by atoms with Crippen LogP contribution < -0.4 is 5.32 Å². The maximum Gasteiger partial charge on any atom is 0.0888 e. The first kappa shape index (κ1) is 17.1. The molecule has 0 amide bonds. The molecule has 20 heavy (non-hydrogen) atoms. The maximum atomic E-state index is 5.76. The quantitative estimate of drug-likeness (QED) is 0.705. The third-order valence-corrected chi connectivity index (χ3v) is 3.29. The molecule has 0 aliphatic heterocycles. The maximum absolute atomic E-state index is 5.76. The van der Waals surface area contributed by atoms with Crippen LogP contribution in [0.2, 0.25) is 0 Å². The van der Waals surface area contributed by atoms with Gasteiger partial charge in [-0.15, -0.1) is 0 Å². The largest absolute Gasteiger partial charge is 0.374 e. The zero-order valence-electron chi connectivity index (χ0n) is 13.5. The molecule has 0 bridgehead atoms. The Morgan fingerprint density at radius 3 is 2.40 bits per heavy atom. The average molecular weight is 279 g/mol. The number of aromatic nitrogens is 1. The van der Waals surface area contributed by atoms with E-state index < -0.39 is 0 Å². The van der Waals surface area contributed by atoms with Crippen LogP contribution >= 0.6 is 0 Å². The van der Waals surface area contributed by atoms with Gasteiger partial charge in [0.25, 0.3) is 0 Å². The molecular formula is C16H29N3O. The van der Waals surface area contributed by atoms with Crippen molar-refractivity contribution in [2.24, 2.45) is 0 Å². The number of hydrogen-bond acceptors (Lipinski definition) is 4. The van der Waals surface area contributed by atoms with Gasteiger partial charge < -0.3 is 10.1 Å². The van der Waals surface area contributed by atoms with Crippen LogP contribution in [0.25, 0.3) is 0 Å². The molecule has 4 heteroatoms. The number of nitrogens with zero attached hydrogens (tertiary/aromatic N) is 2. The molecule has 1 aromatic heterocycles. The molecule has 1 N–H and O–H groups in total. The Hall–Kier alpha value is -0.970. The van der Waals surface area contributed by atoms with Crippen LogP contribution in [0.5, 0.6) is 0 Å². The minimum atomic E-state index is 0.552. The molecule has 0 spiro atoms. The van der Waals surface area contributed by atoms with Gasteiger partial charge in [-0.2, -0.15) is 0 Å². The molecule has 114 valence electrons. The molecule has 0 aliphatic carbocycles. The van der Waals surface area contributed by atoms with Crippen molar-refractivity contribution in [1.82, 2.24) is 15.2 Å². The van der Waals surface area contributed by atoms with Crippen molar-refractivity contribution in [1.29, 1.82) is 0 Å². The molecular weight excluding hydrogens is 250 g/mol. The Morgan fingerprint density at radius 1 is 1.15 bits per heavy atom. The van der Waals surface area contributed by atoms with E-state index in [1.165, 1.54) is 0 Å². The molecule has 0 radical (unpaired) electrons. The monoisotopic (exact) mass is 279 g/mol. The van der Waals surface area contributed by atoms with Gasteiger partial charge in [0.1, 0.15) is 0 Å². The van der Waals surface area contributed by atoms with E-state index in [0.29, 0.717) is 18.7 Å². The van der Waals surface area contributed by atoms with Crippen LogP contribution in [-0.2, 0) is 17.9 Å². The van der Waals surface area contributed by atoms with E-state index in [0.717, 1.165) is 31.1 Å². The van der Waals surface area contributed by atoms with E-state index >= 15 is 0 Å². The zero-order chi connectivity index (χ0) is 15.0. The molecule has 0 fully saturated rings. The minimum absolute atomic E-state index is 0.552. The van der Waals surface area contributed by atoms with Crippen molar-refractivity contribution in [3.05, 3.63) is 29.6 Å². The summed E-state index contributed by atoms with van der Waals surface area (Å²) >= 11 is 0. The lowest BCUT2D eigenvalue weighted by atomic mass is 10.2. The first-order valence-electron chi connectivity index (χ1n) is 7.47. The summed E-state index contributed by atoms with van der Waals surface area (Å²) in [6.45, 7) is 12.0. The van der Waals surface area contributed by atoms with Crippen molar-refractivity contribution < 1.29 is 4.74 Å². The van der Waals surface area contributed by atoms with Crippen LogP contribution in [0.1, 0.15) is 39.1 Å². The zero-order valence-corrected chi connectivity index (χ0v) is 13.5. The highest BCUT2D eigenvalue weighted by molar-refractivity contribution is 5.10. The summed E-state index contributed by atoms with van der Waals surface area (Å²) in [6.07, 6.45) is 0. The van der Waals surface area contributed by atoms with Gasteiger partial charge in [-0.3, -0.25) is 9.88 Å². The normalized spacial score (nSPS) is 11.8. The van der Waals surface area contributed by atoms with Gasteiger partial charge in [-0.1, -0.05) is 6.07 Å². The van der Waals surface area contributed by atoms with E-state index in [9.17, 15) is 0 Å². The highest BCUT2D eigenvalue weighted by atomic mass is 16.5. The summed E-state index contributed by atoms with van der Waals surface area (Å²) in [5.74, 6) is 0. The lowest BCUT2D eigenvalue weighted by molar-refractivity contribution is 0.0685. The van der Waals surface area contributed by atoms with Crippen LogP contribution in [0.3, 0.4) is 0 Å². The Kier molecular flexibility index (Phi) is 7.73. The molecule has 1 aromatic rings. The molecule has 0 saturated heterocycles. The van der Waals surface area contributed by atoms with Crippen molar-refractivity contribution in [2.45, 2.75) is 52.9 Å². The van der Waals surface area contributed by atoms with Crippen molar-refractivity contribution >= 4 is 0 Å². The number of rotatable bonds is 9. The Balaban J connectivity index is 2.35. The number of ether oxygens (including phenoxy) is 1. The fraction of sp³-hybridized carbons (Fsp3) is 0.688. The second-order valence-corrected chi connectivity index (χ2v) is 5.63. The standard InChI is InChI=1S/C16H29N3O/c1-13(2)19(14(3)4)9-10-20-12-16-8-6-7-15(18-16)11-17-5/h6-8,13-14,17H,9-12H2,1-5H3. The topological polar surface area (TPSA) is 37.4 Å². The molecule has 0 saturated carbocycles. The van der Waals surface area contributed by atoms with E-state index in [1.54, 1.807) is 0 Å². The highest BCUT2D eigenvalue weighted by Crippen LogP contribution is 2.05. The summed E-state index contributed by atoms with van der Waals surface area (Å²) in [6, 6.07) is 7.18. The Morgan fingerprint density at radius 2 is 1.80 bits per heavy atom. The lowest BCUT2D eigenvalue weighted by Gasteiger charge is -2.30. The third-order valence-electron chi connectivity index (χ3n) is 3.29. The van der Waals surface area contributed by atoms with Crippen molar-refractivity contribution in [2.75, 3.05) is 20.2 Å².